The number of hydrogen-bond acceptors (Lipinski definition) is 5. The van der Waals surface area contributed by atoms with Crippen LogP contribution in [0.25, 0.3) is 0 Å². The molecule has 1 aromatic carbocycles. The molecule has 1 fully saturated rings. The number of thioether (sulfide) groups is 1. The fraction of sp³-hybridized carbons (Fsp3) is 0.435. The topological polar surface area (TPSA) is 53.8 Å². The lowest BCUT2D eigenvalue weighted by molar-refractivity contribution is -0.113. The first kappa shape index (κ1) is 20.4. The van der Waals surface area contributed by atoms with Crippen LogP contribution in [0.15, 0.2) is 51.8 Å². The number of carbonyl (C=O) groups is 1. The minimum Gasteiger partial charge on any atom is -0.325 e. The minimum atomic E-state index is -0.302. The Kier molecular flexibility index (Phi) is 6.50. The van der Waals surface area contributed by atoms with Crippen molar-refractivity contribution >= 4 is 45.4 Å². The number of para-hydroxylation sites is 1. The molecule has 4 nitrogen and oxygen atoms in total. The Labute approximate surface area is 180 Å². The molecule has 0 atom stereocenters. The summed E-state index contributed by atoms with van der Waals surface area (Å²) in [5, 5.41) is 6.06. The normalized spacial score (nSPS) is 18.2. The molecule has 0 radical (unpaired) electrons. The molecule has 6 heteroatoms. The third-order valence-electron chi connectivity index (χ3n) is 5.50. The average Bonchev–Trinajstić information content (AvgIpc) is 3.32. The maximum Gasteiger partial charge on any atom is 0.234 e. The summed E-state index contributed by atoms with van der Waals surface area (Å²) in [4.78, 5) is 24.0. The van der Waals surface area contributed by atoms with Crippen LogP contribution in [0.2, 0.25) is 0 Å². The number of amides is 1. The molecule has 4 rings (SSSR count). The van der Waals surface area contributed by atoms with Crippen molar-refractivity contribution in [3.8, 4) is 0 Å². The maximum atomic E-state index is 12.6. The fourth-order valence-corrected chi connectivity index (χ4v) is 5.63. The van der Waals surface area contributed by atoms with Gasteiger partial charge in [-0.3, -0.25) is 9.79 Å². The molecule has 1 aliphatic carbocycles. The van der Waals surface area contributed by atoms with Gasteiger partial charge in [-0.1, -0.05) is 55.8 Å². The predicted molar refractivity (Wildman–Crippen MR) is 126 cm³/mol. The Bertz CT molecular complexity index is 910. The van der Waals surface area contributed by atoms with Crippen LogP contribution in [0.1, 0.15) is 55.9 Å². The van der Waals surface area contributed by atoms with Gasteiger partial charge in [0, 0.05) is 5.69 Å². The molecule has 0 saturated heterocycles. The number of thiophene rings is 1. The van der Waals surface area contributed by atoms with Crippen molar-refractivity contribution in [2.24, 2.45) is 9.98 Å². The van der Waals surface area contributed by atoms with E-state index in [-0.39, 0.29) is 11.6 Å². The van der Waals surface area contributed by atoms with Crippen LogP contribution in [-0.2, 0) is 11.2 Å². The van der Waals surface area contributed by atoms with E-state index in [2.05, 4.69) is 35.8 Å². The van der Waals surface area contributed by atoms with Crippen molar-refractivity contribution in [1.82, 2.24) is 0 Å². The number of nitrogens with zero attached hydrogens (tertiary/aromatic N) is 2. The molecule has 2 aliphatic rings. The SMILES string of the molecule is CCc1ccccc1NC(=O)CSC1=NC2(CCCCCC2)N=C1c1cccs1. The zero-order valence-corrected chi connectivity index (χ0v) is 18.5. The number of hydrogen-bond donors (Lipinski definition) is 1. The van der Waals surface area contributed by atoms with Crippen LogP contribution in [-0.4, -0.2) is 28.1 Å². The summed E-state index contributed by atoms with van der Waals surface area (Å²) in [6.07, 6.45) is 7.82. The van der Waals surface area contributed by atoms with E-state index in [1.54, 1.807) is 11.3 Å². The Morgan fingerprint density at radius 2 is 1.90 bits per heavy atom. The number of aryl methyl sites for hydroxylation is 1. The smallest absolute Gasteiger partial charge is 0.234 e. The number of anilines is 1. The quantitative estimate of drug-likeness (QED) is 0.645. The molecular weight excluding hydrogens is 398 g/mol. The van der Waals surface area contributed by atoms with Gasteiger partial charge in [-0.2, -0.15) is 0 Å². The Morgan fingerprint density at radius 3 is 2.62 bits per heavy atom. The van der Waals surface area contributed by atoms with E-state index in [1.807, 2.05) is 18.2 Å². The van der Waals surface area contributed by atoms with Crippen molar-refractivity contribution in [2.45, 2.75) is 57.5 Å². The van der Waals surface area contributed by atoms with Crippen molar-refractivity contribution in [3.63, 3.8) is 0 Å². The molecule has 29 heavy (non-hydrogen) atoms. The number of rotatable bonds is 5. The minimum absolute atomic E-state index is 0.00551. The Hall–Kier alpha value is -1.92. The second-order valence-corrected chi connectivity index (χ2v) is 9.51. The number of carbonyl (C=O) groups excluding carboxylic acids is 1. The number of benzene rings is 1. The zero-order chi connectivity index (χ0) is 20.1. The Morgan fingerprint density at radius 1 is 1.10 bits per heavy atom. The first-order chi connectivity index (χ1) is 14.2. The van der Waals surface area contributed by atoms with Crippen LogP contribution in [0.4, 0.5) is 5.69 Å². The summed E-state index contributed by atoms with van der Waals surface area (Å²) >= 11 is 3.21. The van der Waals surface area contributed by atoms with Crippen molar-refractivity contribution in [2.75, 3.05) is 11.1 Å². The van der Waals surface area contributed by atoms with Gasteiger partial charge in [-0.25, -0.2) is 4.99 Å². The van der Waals surface area contributed by atoms with Crippen LogP contribution >= 0.6 is 23.1 Å². The van der Waals surface area contributed by atoms with Gasteiger partial charge >= 0.3 is 0 Å². The summed E-state index contributed by atoms with van der Waals surface area (Å²) in [7, 11) is 0. The van der Waals surface area contributed by atoms with E-state index in [0.29, 0.717) is 5.75 Å². The largest absolute Gasteiger partial charge is 0.325 e. The summed E-state index contributed by atoms with van der Waals surface area (Å²) in [5.74, 6) is 0.350. The van der Waals surface area contributed by atoms with Crippen LogP contribution < -0.4 is 5.32 Å². The summed E-state index contributed by atoms with van der Waals surface area (Å²) in [6, 6.07) is 12.1. The van der Waals surface area contributed by atoms with Gasteiger partial charge in [-0.05, 0) is 55.2 Å². The van der Waals surface area contributed by atoms with Gasteiger partial charge in [0.15, 0.2) is 5.66 Å². The van der Waals surface area contributed by atoms with E-state index in [4.69, 9.17) is 9.98 Å². The summed E-state index contributed by atoms with van der Waals surface area (Å²) < 4.78 is 0. The van der Waals surface area contributed by atoms with Gasteiger partial charge in [0.05, 0.1) is 10.6 Å². The molecule has 0 unspecified atom stereocenters. The van der Waals surface area contributed by atoms with Crippen LogP contribution in [0.3, 0.4) is 0 Å². The van der Waals surface area contributed by atoms with Gasteiger partial charge in [0.1, 0.15) is 10.8 Å². The monoisotopic (exact) mass is 425 g/mol. The summed E-state index contributed by atoms with van der Waals surface area (Å²) in [6.45, 7) is 2.10. The number of nitrogens with one attached hydrogen (secondary N) is 1. The van der Waals surface area contributed by atoms with E-state index in [1.165, 1.54) is 37.4 Å². The molecule has 1 N–H and O–H groups in total. The van der Waals surface area contributed by atoms with Gasteiger partial charge in [0.2, 0.25) is 5.91 Å². The van der Waals surface area contributed by atoms with Crippen molar-refractivity contribution in [3.05, 3.63) is 52.2 Å². The molecule has 2 heterocycles. The average molecular weight is 426 g/mol. The van der Waals surface area contributed by atoms with Crippen molar-refractivity contribution < 1.29 is 4.79 Å². The third-order valence-corrected chi connectivity index (χ3v) is 7.34. The molecule has 1 amide bonds. The van der Waals surface area contributed by atoms with E-state index in [0.717, 1.165) is 46.1 Å². The lowest BCUT2D eigenvalue weighted by Crippen LogP contribution is -2.20. The lowest BCUT2D eigenvalue weighted by atomic mass is 10.0. The standard InChI is InChI=1S/C23H27N3OS2/c1-2-17-10-5-6-11-18(17)24-20(27)16-29-22-21(19-12-9-15-28-19)25-23(26-22)13-7-3-4-8-14-23/h5-6,9-12,15H,2-4,7-8,13-14,16H2,1H3,(H,24,27). The molecular formula is C23H27N3OS2. The highest BCUT2D eigenvalue weighted by molar-refractivity contribution is 8.16. The molecule has 1 aromatic heterocycles. The number of aliphatic imine (C=N–C) groups is 2. The Balaban J connectivity index is 1.48. The van der Waals surface area contributed by atoms with Crippen LogP contribution in [0, 0.1) is 0 Å². The van der Waals surface area contributed by atoms with E-state index in [9.17, 15) is 4.79 Å². The van der Waals surface area contributed by atoms with E-state index < -0.39 is 0 Å². The van der Waals surface area contributed by atoms with Gasteiger partial charge < -0.3 is 5.32 Å². The van der Waals surface area contributed by atoms with Crippen LogP contribution in [0.5, 0.6) is 0 Å². The molecule has 0 bridgehead atoms. The third kappa shape index (κ3) is 4.81. The maximum absolute atomic E-state index is 12.6. The lowest BCUT2D eigenvalue weighted by Gasteiger charge is -2.20. The summed E-state index contributed by atoms with van der Waals surface area (Å²) in [5.41, 5.74) is 2.74. The second-order valence-electron chi connectivity index (χ2n) is 7.60. The molecule has 1 saturated carbocycles. The van der Waals surface area contributed by atoms with E-state index >= 15 is 0 Å². The molecule has 1 aliphatic heterocycles. The fourth-order valence-electron chi connectivity index (χ4n) is 3.99. The highest BCUT2D eigenvalue weighted by Gasteiger charge is 2.37. The zero-order valence-electron chi connectivity index (χ0n) is 16.8. The molecule has 152 valence electrons. The van der Waals surface area contributed by atoms with Gasteiger partial charge in [0.25, 0.3) is 0 Å². The van der Waals surface area contributed by atoms with Gasteiger partial charge in [-0.15, -0.1) is 11.3 Å². The predicted octanol–water partition coefficient (Wildman–Crippen LogP) is 5.93. The first-order valence-electron chi connectivity index (χ1n) is 10.4. The molecule has 1 spiro atoms. The molecule has 2 aromatic rings. The second kappa shape index (κ2) is 9.26. The van der Waals surface area contributed by atoms with Crippen molar-refractivity contribution in [1.29, 1.82) is 0 Å². The first-order valence-corrected chi connectivity index (χ1v) is 12.3. The highest BCUT2D eigenvalue weighted by atomic mass is 32.2. The highest BCUT2D eigenvalue weighted by Crippen LogP contribution is 2.38.